The van der Waals surface area contributed by atoms with Gasteiger partial charge in [-0.25, -0.2) is 0 Å². The number of halogens is 4. The second-order valence-corrected chi connectivity index (χ2v) is 9.46. The number of rotatable bonds is 6. The number of nitrogens with two attached hydrogens (primary N) is 1. The van der Waals surface area contributed by atoms with Crippen molar-refractivity contribution in [2.75, 3.05) is 19.7 Å². The highest BCUT2D eigenvalue weighted by Crippen LogP contribution is 2.39. The smallest absolute Gasteiger partial charge is 0.416 e. The first kappa shape index (κ1) is 27.3. The molecule has 192 valence electrons. The Bertz CT molecular complexity index is 1020. The number of amides is 1. The molecule has 2 fully saturated rings. The summed E-state index contributed by atoms with van der Waals surface area (Å²) in [6, 6.07) is 13.2. The highest BCUT2D eigenvalue weighted by molar-refractivity contribution is 5.85. The van der Waals surface area contributed by atoms with Crippen LogP contribution >= 0.6 is 12.4 Å². The summed E-state index contributed by atoms with van der Waals surface area (Å²) in [5, 5.41) is 0. The topological polar surface area (TPSA) is 64.8 Å². The molecule has 2 unspecified atom stereocenters. The van der Waals surface area contributed by atoms with Crippen molar-refractivity contribution in [2.24, 2.45) is 5.73 Å². The molecule has 9 heteroatoms. The third-order valence-corrected chi connectivity index (χ3v) is 7.22. The molecular weight excluding hydrogens is 481 g/mol. The molecule has 4 atom stereocenters. The molecule has 5 nitrogen and oxygen atoms in total. The molecule has 0 aliphatic carbocycles. The van der Waals surface area contributed by atoms with Crippen LogP contribution in [0.25, 0.3) is 0 Å². The molecule has 0 radical (unpaired) electrons. The van der Waals surface area contributed by atoms with E-state index in [1.165, 1.54) is 17.7 Å². The minimum Gasteiger partial charge on any atom is -0.489 e. The summed E-state index contributed by atoms with van der Waals surface area (Å²) < 4.78 is 51.1. The van der Waals surface area contributed by atoms with Crippen LogP contribution in [-0.2, 0) is 15.7 Å². The quantitative estimate of drug-likeness (QED) is 0.585. The number of hydrogen-bond donors (Lipinski definition) is 1. The van der Waals surface area contributed by atoms with E-state index >= 15 is 0 Å². The van der Waals surface area contributed by atoms with E-state index in [1.807, 2.05) is 11.8 Å². The molecule has 0 spiro atoms. The standard InChI is InChI=1S/C26H31F3N2O3.ClH/c1-17-6-8-19(9-7-17)18(2)23-15-25(24(30)32,11-13-33-23)31-12-10-22(16-31)34-21-5-3-4-20(14-21)26(27,28)29;/h3-9,14,18,22-23H,10-13,15-16H2,1-2H3,(H2,30,32);1H/t18-,22+,23?,25?;/m0./s1. The Labute approximate surface area is 210 Å². The molecule has 4 rings (SSSR count). The lowest BCUT2D eigenvalue weighted by Gasteiger charge is -2.46. The van der Waals surface area contributed by atoms with Crippen LogP contribution in [0.4, 0.5) is 13.2 Å². The summed E-state index contributed by atoms with van der Waals surface area (Å²) in [5.74, 6) is -0.136. The molecule has 0 aromatic heterocycles. The molecule has 2 aliphatic rings. The predicted octanol–water partition coefficient (Wildman–Crippen LogP) is 5.10. The number of carbonyl (C=O) groups excluding carboxylic acids is 1. The van der Waals surface area contributed by atoms with Crippen molar-refractivity contribution in [3.63, 3.8) is 0 Å². The Morgan fingerprint density at radius 1 is 1.23 bits per heavy atom. The number of carbonyl (C=O) groups is 1. The molecule has 2 N–H and O–H groups in total. The number of benzene rings is 2. The fourth-order valence-electron chi connectivity index (χ4n) is 5.10. The van der Waals surface area contributed by atoms with E-state index in [0.717, 1.165) is 17.7 Å². The highest BCUT2D eigenvalue weighted by Gasteiger charge is 2.50. The minimum absolute atomic E-state index is 0. The number of likely N-dealkylation sites (tertiary alicyclic amines) is 1. The summed E-state index contributed by atoms with van der Waals surface area (Å²) in [7, 11) is 0. The van der Waals surface area contributed by atoms with Gasteiger partial charge in [0.2, 0.25) is 5.91 Å². The Morgan fingerprint density at radius 3 is 2.60 bits per heavy atom. The van der Waals surface area contributed by atoms with Crippen LogP contribution in [0.1, 0.15) is 48.8 Å². The lowest BCUT2D eigenvalue weighted by molar-refractivity contribution is -0.142. The maximum absolute atomic E-state index is 13.0. The number of hydrogen-bond acceptors (Lipinski definition) is 4. The van der Waals surface area contributed by atoms with Gasteiger partial charge < -0.3 is 15.2 Å². The normalized spacial score (nSPS) is 26.1. The van der Waals surface area contributed by atoms with Crippen LogP contribution in [-0.4, -0.2) is 48.3 Å². The first-order chi connectivity index (χ1) is 16.1. The van der Waals surface area contributed by atoms with E-state index in [-0.39, 0.29) is 36.3 Å². The molecule has 1 amide bonds. The number of alkyl halides is 3. The maximum Gasteiger partial charge on any atom is 0.416 e. The molecule has 2 heterocycles. The SMILES string of the molecule is Cc1ccc([C@H](C)C2CC(C(N)=O)(N3CC[C@@H](Oc4cccc(C(F)(F)F)c4)C3)CCO2)cc1.Cl. The van der Waals surface area contributed by atoms with Crippen molar-refractivity contribution in [3.05, 3.63) is 65.2 Å². The molecule has 35 heavy (non-hydrogen) atoms. The third-order valence-electron chi connectivity index (χ3n) is 7.22. The van der Waals surface area contributed by atoms with Crippen molar-refractivity contribution in [1.29, 1.82) is 0 Å². The molecule has 0 saturated carbocycles. The van der Waals surface area contributed by atoms with Gasteiger partial charge in [-0.05, 0) is 43.5 Å². The minimum atomic E-state index is -4.43. The van der Waals surface area contributed by atoms with Crippen LogP contribution in [0.15, 0.2) is 48.5 Å². The zero-order valence-electron chi connectivity index (χ0n) is 19.9. The van der Waals surface area contributed by atoms with Crippen LogP contribution in [0.3, 0.4) is 0 Å². The Balaban J connectivity index is 0.00000342. The van der Waals surface area contributed by atoms with Gasteiger partial charge in [-0.1, -0.05) is 42.8 Å². The number of aryl methyl sites for hydroxylation is 1. The van der Waals surface area contributed by atoms with Gasteiger partial charge in [-0.15, -0.1) is 12.4 Å². The second kappa shape index (κ2) is 10.8. The van der Waals surface area contributed by atoms with Crippen molar-refractivity contribution >= 4 is 18.3 Å². The molecular formula is C26H32ClF3N2O3. The van der Waals surface area contributed by atoms with E-state index < -0.39 is 23.2 Å². The largest absolute Gasteiger partial charge is 0.489 e. The fraction of sp³-hybridized carbons (Fsp3) is 0.500. The van der Waals surface area contributed by atoms with Gasteiger partial charge in [0.15, 0.2) is 0 Å². The molecule has 2 aromatic carbocycles. The molecule has 2 saturated heterocycles. The van der Waals surface area contributed by atoms with Gasteiger partial charge in [0.25, 0.3) is 0 Å². The van der Waals surface area contributed by atoms with Crippen molar-refractivity contribution in [2.45, 2.75) is 63.0 Å². The summed E-state index contributed by atoms with van der Waals surface area (Å²) in [4.78, 5) is 14.8. The van der Waals surface area contributed by atoms with Gasteiger partial charge in [0.05, 0.1) is 11.7 Å². The Hall–Kier alpha value is -2.29. The monoisotopic (exact) mass is 512 g/mol. The zero-order valence-corrected chi connectivity index (χ0v) is 20.7. The van der Waals surface area contributed by atoms with Gasteiger partial charge in [-0.3, -0.25) is 9.69 Å². The summed E-state index contributed by atoms with van der Waals surface area (Å²) >= 11 is 0. The average molecular weight is 513 g/mol. The van der Waals surface area contributed by atoms with E-state index in [9.17, 15) is 18.0 Å². The van der Waals surface area contributed by atoms with E-state index in [0.29, 0.717) is 39.0 Å². The second-order valence-electron chi connectivity index (χ2n) is 9.46. The molecule has 2 aliphatic heterocycles. The molecule has 2 aromatic rings. The third kappa shape index (κ3) is 5.93. The summed E-state index contributed by atoms with van der Waals surface area (Å²) in [6.07, 6.45) is -3.38. The van der Waals surface area contributed by atoms with E-state index in [1.54, 1.807) is 0 Å². The first-order valence-corrected chi connectivity index (χ1v) is 11.7. The lowest BCUT2D eigenvalue weighted by Crippen LogP contribution is -2.61. The predicted molar refractivity (Wildman–Crippen MR) is 130 cm³/mol. The van der Waals surface area contributed by atoms with Crippen LogP contribution in [0.2, 0.25) is 0 Å². The summed E-state index contributed by atoms with van der Waals surface area (Å²) in [6.45, 7) is 5.55. The Morgan fingerprint density at radius 2 is 1.94 bits per heavy atom. The van der Waals surface area contributed by atoms with Gasteiger partial charge in [0.1, 0.15) is 17.4 Å². The van der Waals surface area contributed by atoms with Gasteiger partial charge in [-0.2, -0.15) is 13.2 Å². The Kier molecular flexibility index (Phi) is 8.40. The van der Waals surface area contributed by atoms with Gasteiger partial charge >= 0.3 is 6.18 Å². The first-order valence-electron chi connectivity index (χ1n) is 11.7. The number of nitrogens with zero attached hydrogens (tertiary/aromatic N) is 1. The van der Waals surface area contributed by atoms with Crippen molar-refractivity contribution < 1.29 is 27.4 Å². The lowest BCUT2D eigenvalue weighted by atomic mass is 9.79. The van der Waals surface area contributed by atoms with Crippen molar-refractivity contribution in [3.8, 4) is 5.75 Å². The van der Waals surface area contributed by atoms with Crippen LogP contribution in [0.5, 0.6) is 5.75 Å². The maximum atomic E-state index is 13.0. The van der Waals surface area contributed by atoms with Crippen LogP contribution in [0, 0.1) is 6.92 Å². The average Bonchev–Trinajstić information content (AvgIpc) is 3.27. The van der Waals surface area contributed by atoms with Crippen molar-refractivity contribution in [1.82, 2.24) is 4.90 Å². The molecule has 0 bridgehead atoms. The van der Waals surface area contributed by atoms with E-state index in [2.05, 4.69) is 31.2 Å². The van der Waals surface area contributed by atoms with Gasteiger partial charge in [0, 0.05) is 32.0 Å². The zero-order chi connectivity index (χ0) is 24.5. The fourth-order valence-corrected chi connectivity index (χ4v) is 5.10. The summed E-state index contributed by atoms with van der Waals surface area (Å²) in [5.41, 5.74) is 6.67. The highest BCUT2D eigenvalue weighted by atomic mass is 35.5. The number of primary amides is 1. The van der Waals surface area contributed by atoms with Crippen LogP contribution < -0.4 is 10.5 Å². The number of ether oxygens (including phenoxy) is 2. The van der Waals surface area contributed by atoms with E-state index in [4.69, 9.17) is 15.2 Å².